The molecular formula is C13H18N4O. The minimum Gasteiger partial charge on any atom is -0.339 e. The molecule has 2 heterocycles. The Morgan fingerprint density at radius 2 is 2.28 bits per heavy atom. The largest absolute Gasteiger partial charge is 0.339 e. The summed E-state index contributed by atoms with van der Waals surface area (Å²) >= 11 is 0. The topological polar surface area (TPSA) is 77.8 Å². The maximum absolute atomic E-state index is 5.69. The molecule has 0 aromatic carbocycles. The molecule has 0 saturated heterocycles. The molecule has 0 aliphatic carbocycles. The maximum atomic E-state index is 5.69. The van der Waals surface area contributed by atoms with E-state index in [0.717, 1.165) is 30.5 Å². The summed E-state index contributed by atoms with van der Waals surface area (Å²) in [6.07, 6.45) is 4.43. The highest BCUT2D eigenvalue weighted by Gasteiger charge is 2.09. The average molecular weight is 246 g/mol. The number of aromatic nitrogens is 3. The van der Waals surface area contributed by atoms with E-state index in [1.54, 1.807) is 6.20 Å². The van der Waals surface area contributed by atoms with E-state index in [-0.39, 0.29) is 6.04 Å². The normalized spacial score (nSPS) is 12.6. The maximum Gasteiger partial charge on any atom is 0.227 e. The third-order valence-corrected chi connectivity index (χ3v) is 2.66. The van der Waals surface area contributed by atoms with Crippen LogP contribution in [-0.2, 0) is 6.42 Å². The van der Waals surface area contributed by atoms with E-state index in [9.17, 15) is 0 Å². The molecule has 1 unspecified atom stereocenters. The van der Waals surface area contributed by atoms with Crippen molar-refractivity contribution in [3.63, 3.8) is 0 Å². The number of pyridine rings is 1. The monoisotopic (exact) mass is 246 g/mol. The van der Waals surface area contributed by atoms with Crippen molar-refractivity contribution in [1.82, 2.24) is 15.1 Å². The van der Waals surface area contributed by atoms with E-state index in [1.807, 2.05) is 26.0 Å². The van der Waals surface area contributed by atoms with Crippen molar-refractivity contribution in [3.05, 3.63) is 29.8 Å². The van der Waals surface area contributed by atoms with Gasteiger partial charge >= 0.3 is 0 Å². The van der Waals surface area contributed by atoms with Crippen LogP contribution in [0.25, 0.3) is 11.5 Å². The summed E-state index contributed by atoms with van der Waals surface area (Å²) in [6.45, 7) is 4.00. The van der Waals surface area contributed by atoms with Crippen LogP contribution in [0.2, 0.25) is 0 Å². The summed E-state index contributed by atoms with van der Waals surface area (Å²) in [5.41, 5.74) is 7.57. The summed E-state index contributed by atoms with van der Waals surface area (Å²) in [6, 6.07) is 4.09. The van der Waals surface area contributed by atoms with Gasteiger partial charge in [-0.3, -0.25) is 4.98 Å². The molecule has 5 nitrogen and oxygen atoms in total. The van der Waals surface area contributed by atoms with Gasteiger partial charge in [0.1, 0.15) is 5.69 Å². The lowest BCUT2D eigenvalue weighted by Gasteiger charge is -2.00. The fraction of sp³-hybridized carbons (Fsp3) is 0.462. The Balaban J connectivity index is 2.02. The molecule has 0 bridgehead atoms. The van der Waals surface area contributed by atoms with Crippen molar-refractivity contribution >= 4 is 0 Å². The van der Waals surface area contributed by atoms with Crippen LogP contribution in [0.1, 0.15) is 31.2 Å². The first-order valence-electron chi connectivity index (χ1n) is 6.16. The Morgan fingerprint density at radius 3 is 3.00 bits per heavy atom. The van der Waals surface area contributed by atoms with Crippen LogP contribution in [0.3, 0.4) is 0 Å². The summed E-state index contributed by atoms with van der Waals surface area (Å²) in [5.74, 6) is 1.20. The van der Waals surface area contributed by atoms with Crippen LogP contribution in [0.5, 0.6) is 0 Å². The van der Waals surface area contributed by atoms with Gasteiger partial charge in [-0.05, 0) is 44.4 Å². The molecule has 0 aliphatic rings. The first kappa shape index (κ1) is 12.7. The van der Waals surface area contributed by atoms with Crippen molar-refractivity contribution in [2.45, 2.75) is 39.2 Å². The van der Waals surface area contributed by atoms with E-state index in [1.165, 1.54) is 0 Å². The quantitative estimate of drug-likeness (QED) is 0.874. The van der Waals surface area contributed by atoms with Gasteiger partial charge in [0.05, 0.1) is 0 Å². The molecule has 1 atom stereocenters. The summed E-state index contributed by atoms with van der Waals surface area (Å²) < 4.78 is 5.20. The smallest absolute Gasteiger partial charge is 0.227 e. The Kier molecular flexibility index (Phi) is 4.04. The van der Waals surface area contributed by atoms with Gasteiger partial charge in [-0.25, -0.2) is 0 Å². The zero-order chi connectivity index (χ0) is 13.0. The Hall–Kier alpha value is -1.75. The van der Waals surface area contributed by atoms with Crippen molar-refractivity contribution in [1.29, 1.82) is 0 Å². The average Bonchev–Trinajstić information content (AvgIpc) is 2.77. The number of aryl methyl sites for hydroxylation is 2. The van der Waals surface area contributed by atoms with Gasteiger partial charge in [-0.1, -0.05) is 5.16 Å². The molecule has 18 heavy (non-hydrogen) atoms. The number of hydrogen-bond acceptors (Lipinski definition) is 5. The number of nitrogens with two attached hydrogens (primary N) is 1. The second-order valence-electron chi connectivity index (χ2n) is 4.60. The number of rotatable bonds is 5. The van der Waals surface area contributed by atoms with Crippen LogP contribution >= 0.6 is 0 Å². The third kappa shape index (κ3) is 3.37. The second-order valence-corrected chi connectivity index (χ2v) is 4.60. The van der Waals surface area contributed by atoms with E-state index < -0.39 is 0 Å². The van der Waals surface area contributed by atoms with E-state index in [4.69, 9.17) is 10.3 Å². The molecule has 2 aromatic heterocycles. The molecule has 0 aliphatic heterocycles. The lowest BCUT2D eigenvalue weighted by molar-refractivity contribution is 0.373. The lowest BCUT2D eigenvalue weighted by atomic mass is 10.1. The van der Waals surface area contributed by atoms with Gasteiger partial charge in [0.2, 0.25) is 11.7 Å². The Morgan fingerprint density at radius 1 is 1.44 bits per heavy atom. The van der Waals surface area contributed by atoms with Crippen molar-refractivity contribution in [3.8, 4) is 11.5 Å². The van der Waals surface area contributed by atoms with E-state index >= 15 is 0 Å². The molecule has 0 radical (unpaired) electrons. The number of hydrogen-bond donors (Lipinski definition) is 1. The molecule has 0 amide bonds. The van der Waals surface area contributed by atoms with Crippen LogP contribution in [0.4, 0.5) is 0 Å². The first-order valence-corrected chi connectivity index (χ1v) is 6.16. The molecule has 2 aromatic rings. The predicted molar refractivity (Wildman–Crippen MR) is 68.9 cm³/mol. The first-order chi connectivity index (χ1) is 8.65. The van der Waals surface area contributed by atoms with E-state index in [2.05, 4.69) is 15.1 Å². The SMILES string of the molecule is Cc1ccnc(-c2noc(CCCC(C)N)n2)c1. The molecule has 2 rings (SSSR count). The summed E-state index contributed by atoms with van der Waals surface area (Å²) in [7, 11) is 0. The molecular weight excluding hydrogens is 228 g/mol. The zero-order valence-corrected chi connectivity index (χ0v) is 10.8. The van der Waals surface area contributed by atoms with Crippen LogP contribution < -0.4 is 5.73 Å². The van der Waals surface area contributed by atoms with Gasteiger partial charge in [-0.15, -0.1) is 0 Å². The third-order valence-electron chi connectivity index (χ3n) is 2.66. The highest BCUT2D eigenvalue weighted by molar-refractivity contribution is 5.48. The predicted octanol–water partition coefficient (Wildman–Crippen LogP) is 2.11. The lowest BCUT2D eigenvalue weighted by Crippen LogP contribution is -2.14. The molecule has 96 valence electrons. The van der Waals surface area contributed by atoms with Crippen molar-refractivity contribution in [2.75, 3.05) is 0 Å². The number of nitrogens with zero attached hydrogens (tertiary/aromatic N) is 3. The Labute approximate surface area is 106 Å². The van der Waals surface area contributed by atoms with Gasteiger partial charge < -0.3 is 10.3 Å². The van der Waals surface area contributed by atoms with Crippen molar-refractivity contribution < 1.29 is 4.52 Å². The van der Waals surface area contributed by atoms with Crippen molar-refractivity contribution in [2.24, 2.45) is 5.73 Å². The minimum absolute atomic E-state index is 0.214. The fourth-order valence-corrected chi connectivity index (χ4v) is 1.69. The standard InChI is InChI=1S/C13H18N4O/c1-9-6-7-15-11(8-9)13-16-12(18-17-13)5-3-4-10(2)14/h6-8,10H,3-5,14H2,1-2H3. The van der Waals surface area contributed by atoms with E-state index in [0.29, 0.717) is 11.7 Å². The van der Waals surface area contributed by atoms with Crippen LogP contribution in [-0.4, -0.2) is 21.2 Å². The molecule has 0 spiro atoms. The molecule has 0 saturated carbocycles. The highest BCUT2D eigenvalue weighted by atomic mass is 16.5. The molecule has 0 fully saturated rings. The second kappa shape index (κ2) is 5.73. The molecule has 5 heteroatoms. The van der Waals surface area contributed by atoms with Crippen LogP contribution in [0.15, 0.2) is 22.9 Å². The Bertz CT molecular complexity index is 507. The van der Waals surface area contributed by atoms with Gasteiger partial charge in [0.15, 0.2) is 0 Å². The van der Waals surface area contributed by atoms with Gasteiger partial charge in [0.25, 0.3) is 0 Å². The summed E-state index contributed by atoms with van der Waals surface area (Å²) in [5, 5.41) is 3.95. The summed E-state index contributed by atoms with van der Waals surface area (Å²) in [4.78, 5) is 8.56. The van der Waals surface area contributed by atoms with Gasteiger partial charge in [0, 0.05) is 18.7 Å². The minimum atomic E-state index is 0.214. The highest BCUT2D eigenvalue weighted by Crippen LogP contribution is 2.15. The fourth-order valence-electron chi connectivity index (χ4n) is 1.69. The zero-order valence-electron chi connectivity index (χ0n) is 10.8. The molecule has 2 N–H and O–H groups in total. The van der Waals surface area contributed by atoms with Crippen LogP contribution in [0, 0.1) is 6.92 Å². The van der Waals surface area contributed by atoms with Gasteiger partial charge in [-0.2, -0.15) is 4.98 Å².